The van der Waals surface area contributed by atoms with Gasteiger partial charge in [0.05, 0.1) is 4.47 Å². The Hall–Kier alpha value is -0.950. The topological polar surface area (TPSA) is 44.5 Å². The minimum Gasteiger partial charge on any atom is -0.492 e. The van der Waals surface area contributed by atoms with Crippen LogP contribution in [0.3, 0.4) is 0 Å². The number of ether oxygens (including phenoxy) is 2. The third-order valence-corrected chi connectivity index (χ3v) is 2.26. The van der Waals surface area contributed by atoms with Gasteiger partial charge >= 0.3 is 6.36 Å². The van der Waals surface area contributed by atoms with Crippen LogP contribution in [0.2, 0.25) is 0 Å². The zero-order valence-corrected chi connectivity index (χ0v) is 10.5. The first-order chi connectivity index (χ1) is 7.78. The first-order valence-corrected chi connectivity index (χ1v) is 5.51. The van der Waals surface area contributed by atoms with Gasteiger partial charge in [0.2, 0.25) is 0 Å². The van der Waals surface area contributed by atoms with E-state index in [2.05, 4.69) is 20.7 Å². The smallest absolute Gasteiger partial charge is 0.492 e. The minimum atomic E-state index is -4.71. The van der Waals surface area contributed by atoms with Gasteiger partial charge in [-0.2, -0.15) is 0 Å². The minimum absolute atomic E-state index is 0.153. The first-order valence-electron chi connectivity index (χ1n) is 4.71. The maximum absolute atomic E-state index is 12.0. The van der Waals surface area contributed by atoms with Crippen LogP contribution in [0.15, 0.2) is 22.7 Å². The molecule has 1 unspecified atom stereocenters. The first kappa shape index (κ1) is 14.1. The number of nitrogens with two attached hydrogens (primary N) is 1. The Labute approximate surface area is 105 Å². The molecule has 0 heterocycles. The lowest BCUT2D eigenvalue weighted by atomic mass is 10.3. The average Bonchev–Trinajstić information content (AvgIpc) is 2.17. The van der Waals surface area contributed by atoms with E-state index in [1.165, 1.54) is 18.2 Å². The molecule has 0 spiro atoms. The van der Waals surface area contributed by atoms with Crippen LogP contribution in [0, 0.1) is 0 Å². The molecule has 1 aromatic rings. The molecular weight excluding hydrogens is 303 g/mol. The highest BCUT2D eigenvalue weighted by atomic mass is 79.9. The van der Waals surface area contributed by atoms with E-state index in [9.17, 15) is 13.2 Å². The molecule has 96 valence electrons. The monoisotopic (exact) mass is 313 g/mol. The zero-order chi connectivity index (χ0) is 13.1. The molecule has 0 bridgehead atoms. The second kappa shape index (κ2) is 5.59. The highest BCUT2D eigenvalue weighted by molar-refractivity contribution is 9.10. The van der Waals surface area contributed by atoms with Crippen LogP contribution >= 0.6 is 15.9 Å². The molecule has 1 rings (SSSR count). The summed E-state index contributed by atoms with van der Waals surface area (Å²) in [5.41, 5.74) is 5.48. The molecule has 7 heteroatoms. The van der Waals surface area contributed by atoms with Crippen molar-refractivity contribution in [1.82, 2.24) is 0 Å². The van der Waals surface area contributed by atoms with E-state index in [1.807, 2.05) is 0 Å². The fourth-order valence-corrected chi connectivity index (χ4v) is 1.45. The zero-order valence-electron chi connectivity index (χ0n) is 8.92. The van der Waals surface area contributed by atoms with E-state index in [1.54, 1.807) is 6.92 Å². The van der Waals surface area contributed by atoms with Gasteiger partial charge in [-0.1, -0.05) is 0 Å². The second-order valence-electron chi connectivity index (χ2n) is 3.43. The van der Waals surface area contributed by atoms with Crippen molar-refractivity contribution >= 4 is 15.9 Å². The highest BCUT2D eigenvalue weighted by Gasteiger charge is 2.31. The molecule has 0 amide bonds. The largest absolute Gasteiger partial charge is 0.573 e. The molecule has 3 nitrogen and oxygen atoms in total. The van der Waals surface area contributed by atoms with Gasteiger partial charge in [0, 0.05) is 6.04 Å². The van der Waals surface area contributed by atoms with E-state index in [0.717, 1.165) is 0 Å². The molecule has 1 aromatic carbocycles. The third-order valence-electron chi connectivity index (χ3n) is 1.64. The predicted molar refractivity (Wildman–Crippen MR) is 60.0 cm³/mol. The van der Waals surface area contributed by atoms with Gasteiger partial charge in [-0.05, 0) is 41.1 Å². The molecular formula is C10H11BrF3NO2. The summed E-state index contributed by atoms with van der Waals surface area (Å²) in [6, 6.07) is 3.80. The van der Waals surface area contributed by atoms with Crippen molar-refractivity contribution in [1.29, 1.82) is 0 Å². The standard InChI is InChI=1S/C10H11BrF3NO2/c1-6(15)5-16-7-2-3-9(8(11)4-7)17-10(12,13)14/h2-4,6H,5,15H2,1H3. The Morgan fingerprint density at radius 3 is 2.53 bits per heavy atom. The number of rotatable bonds is 4. The Balaban J connectivity index is 2.72. The van der Waals surface area contributed by atoms with Crippen LogP contribution in [0.5, 0.6) is 11.5 Å². The Morgan fingerprint density at radius 2 is 2.06 bits per heavy atom. The molecule has 1 atom stereocenters. The van der Waals surface area contributed by atoms with Gasteiger partial charge < -0.3 is 15.2 Å². The second-order valence-corrected chi connectivity index (χ2v) is 4.28. The molecule has 0 radical (unpaired) electrons. The number of benzene rings is 1. The van der Waals surface area contributed by atoms with Gasteiger partial charge in [0.15, 0.2) is 0 Å². The van der Waals surface area contributed by atoms with Crippen molar-refractivity contribution in [3.8, 4) is 11.5 Å². The van der Waals surface area contributed by atoms with Gasteiger partial charge in [0.1, 0.15) is 18.1 Å². The molecule has 0 saturated heterocycles. The predicted octanol–water partition coefficient (Wildman–Crippen LogP) is 3.07. The summed E-state index contributed by atoms with van der Waals surface area (Å²) in [6.45, 7) is 2.04. The normalized spacial score (nSPS) is 13.3. The average molecular weight is 314 g/mol. The summed E-state index contributed by atoms with van der Waals surface area (Å²) in [5, 5.41) is 0. The van der Waals surface area contributed by atoms with Crippen LogP contribution < -0.4 is 15.2 Å². The number of hydrogen-bond donors (Lipinski definition) is 1. The molecule has 0 fully saturated rings. The Kier molecular flexibility index (Phi) is 4.64. The molecule has 17 heavy (non-hydrogen) atoms. The summed E-state index contributed by atoms with van der Waals surface area (Å²) in [7, 11) is 0. The van der Waals surface area contributed by atoms with Gasteiger partial charge in [0.25, 0.3) is 0 Å². The van der Waals surface area contributed by atoms with Crippen LogP contribution in [0.25, 0.3) is 0 Å². The Morgan fingerprint density at radius 1 is 1.41 bits per heavy atom. The number of halogens is 4. The van der Waals surface area contributed by atoms with Crippen LogP contribution in [-0.2, 0) is 0 Å². The van der Waals surface area contributed by atoms with Gasteiger partial charge in [-0.3, -0.25) is 0 Å². The van der Waals surface area contributed by atoms with Crippen molar-refractivity contribution in [2.45, 2.75) is 19.3 Å². The van der Waals surface area contributed by atoms with Gasteiger partial charge in [-0.25, -0.2) is 0 Å². The maximum atomic E-state index is 12.0. The van der Waals surface area contributed by atoms with Crippen LogP contribution in [0.4, 0.5) is 13.2 Å². The summed E-state index contributed by atoms with van der Waals surface area (Å²) < 4.78 is 45.1. The van der Waals surface area contributed by atoms with E-state index in [-0.39, 0.29) is 22.9 Å². The van der Waals surface area contributed by atoms with E-state index < -0.39 is 6.36 Å². The molecule has 0 aromatic heterocycles. The van der Waals surface area contributed by atoms with Crippen molar-refractivity contribution in [2.24, 2.45) is 5.73 Å². The van der Waals surface area contributed by atoms with Gasteiger partial charge in [-0.15, -0.1) is 13.2 Å². The summed E-state index contributed by atoms with van der Waals surface area (Å²) in [6.07, 6.45) is -4.71. The quantitative estimate of drug-likeness (QED) is 0.929. The summed E-state index contributed by atoms with van der Waals surface area (Å²) in [5.74, 6) is 0.106. The lowest BCUT2D eigenvalue weighted by Gasteiger charge is -2.13. The third kappa shape index (κ3) is 5.27. The van der Waals surface area contributed by atoms with Crippen LogP contribution in [-0.4, -0.2) is 19.0 Å². The van der Waals surface area contributed by atoms with Crippen molar-refractivity contribution in [3.63, 3.8) is 0 Å². The van der Waals surface area contributed by atoms with Crippen LogP contribution in [0.1, 0.15) is 6.92 Å². The maximum Gasteiger partial charge on any atom is 0.573 e. The van der Waals surface area contributed by atoms with Crippen molar-refractivity contribution in [3.05, 3.63) is 22.7 Å². The molecule has 0 aliphatic heterocycles. The summed E-state index contributed by atoms with van der Waals surface area (Å²) in [4.78, 5) is 0. The molecule has 2 N–H and O–H groups in total. The lowest BCUT2D eigenvalue weighted by Crippen LogP contribution is -2.23. The van der Waals surface area contributed by atoms with Crippen molar-refractivity contribution < 1.29 is 22.6 Å². The summed E-state index contributed by atoms with van der Waals surface area (Å²) >= 11 is 2.97. The SMILES string of the molecule is CC(N)COc1ccc(OC(F)(F)F)c(Br)c1. The Bertz CT molecular complexity index is 382. The fourth-order valence-electron chi connectivity index (χ4n) is 1.01. The lowest BCUT2D eigenvalue weighted by molar-refractivity contribution is -0.274. The highest BCUT2D eigenvalue weighted by Crippen LogP contribution is 2.33. The number of hydrogen-bond acceptors (Lipinski definition) is 3. The van der Waals surface area contributed by atoms with E-state index in [4.69, 9.17) is 10.5 Å². The molecule has 0 aliphatic rings. The molecule has 0 aliphatic carbocycles. The fraction of sp³-hybridized carbons (Fsp3) is 0.400. The van der Waals surface area contributed by atoms with E-state index in [0.29, 0.717) is 5.75 Å². The number of alkyl halides is 3. The molecule has 0 saturated carbocycles. The van der Waals surface area contributed by atoms with Crippen molar-refractivity contribution in [2.75, 3.05) is 6.61 Å². The van der Waals surface area contributed by atoms with E-state index >= 15 is 0 Å².